The first kappa shape index (κ1) is 24.9. The van der Waals surface area contributed by atoms with Crippen LogP contribution in [0.4, 0.5) is 4.79 Å². The summed E-state index contributed by atoms with van der Waals surface area (Å²) in [5.41, 5.74) is 4.38. The van der Waals surface area contributed by atoms with Crippen LogP contribution >= 0.6 is 11.3 Å². The highest BCUT2D eigenvalue weighted by Gasteiger charge is 2.19. The molecular weight excluding hydrogens is 430 g/mol. The first-order valence-electron chi connectivity index (χ1n) is 11.5. The van der Waals surface area contributed by atoms with Crippen molar-refractivity contribution < 1.29 is 9.53 Å². The van der Waals surface area contributed by atoms with Gasteiger partial charge in [-0.25, -0.2) is 4.79 Å². The van der Waals surface area contributed by atoms with Crippen LogP contribution in [0.1, 0.15) is 43.2 Å². The average molecular weight is 466 g/mol. The van der Waals surface area contributed by atoms with Gasteiger partial charge in [0, 0.05) is 37.3 Å². The summed E-state index contributed by atoms with van der Waals surface area (Å²) >= 11 is 1.55. The first-order valence-corrected chi connectivity index (χ1v) is 12.4. The maximum absolute atomic E-state index is 12.9. The van der Waals surface area contributed by atoms with E-state index < -0.39 is 0 Å². The molecule has 176 valence electrons. The third-order valence-electron chi connectivity index (χ3n) is 5.10. The fourth-order valence-corrected chi connectivity index (χ4v) is 4.37. The van der Waals surface area contributed by atoms with Crippen molar-refractivity contribution in [2.75, 3.05) is 19.7 Å². The molecule has 1 amide bonds. The topological polar surface area (TPSA) is 45.7 Å². The Kier molecular flexibility index (Phi) is 9.46. The van der Waals surface area contributed by atoms with Gasteiger partial charge in [0.1, 0.15) is 0 Å². The number of carbonyl (C=O) groups excluding carboxylic acids is 1. The van der Waals surface area contributed by atoms with Gasteiger partial charge in [0.05, 0.1) is 18.7 Å². The first-order chi connectivity index (χ1) is 15.9. The number of nitrogens with zero attached hydrogens (tertiary/aromatic N) is 3. The van der Waals surface area contributed by atoms with E-state index >= 15 is 0 Å². The van der Waals surface area contributed by atoms with Crippen molar-refractivity contribution >= 4 is 17.4 Å². The molecule has 0 aliphatic heterocycles. The van der Waals surface area contributed by atoms with E-state index in [9.17, 15) is 4.79 Å². The molecule has 1 aromatic heterocycles. The molecule has 0 aliphatic carbocycles. The van der Waals surface area contributed by atoms with E-state index in [0.717, 1.165) is 36.5 Å². The Hall–Kier alpha value is -2.70. The van der Waals surface area contributed by atoms with Gasteiger partial charge < -0.3 is 4.74 Å². The van der Waals surface area contributed by atoms with Crippen LogP contribution in [0.3, 0.4) is 0 Å². The minimum Gasteiger partial charge on any atom is -0.449 e. The molecule has 0 unspecified atom stereocenters. The van der Waals surface area contributed by atoms with Gasteiger partial charge in [-0.15, -0.1) is 11.3 Å². The molecule has 3 aromatic rings. The Morgan fingerprint density at radius 3 is 2.15 bits per heavy atom. The maximum Gasteiger partial charge on any atom is 0.410 e. The Balaban J connectivity index is 1.53. The highest BCUT2D eigenvalue weighted by atomic mass is 32.1. The number of hydrogen-bond donors (Lipinski definition) is 0. The molecule has 0 bridgehead atoms. The van der Waals surface area contributed by atoms with Crippen molar-refractivity contribution in [3.8, 4) is 0 Å². The molecule has 2 aromatic carbocycles. The normalized spacial score (nSPS) is 11.5. The number of benzene rings is 2. The van der Waals surface area contributed by atoms with Crippen LogP contribution in [0.5, 0.6) is 0 Å². The second-order valence-electron chi connectivity index (χ2n) is 9.53. The van der Waals surface area contributed by atoms with Crippen molar-refractivity contribution in [2.24, 2.45) is 5.41 Å². The van der Waals surface area contributed by atoms with E-state index in [0.29, 0.717) is 19.7 Å². The fraction of sp³-hybridized carbons (Fsp3) is 0.407. The lowest BCUT2D eigenvalue weighted by molar-refractivity contribution is 0.0898. The average Bonchev–Trinajstić information content (AvgIpc) is 3.29. The molecule has 33 heavy (non-hydrogen) atoms. The van der Waals surface area contributed by atoms with Crippen LogP contribution < -0.4 is 0 Å². The van der Waals surface area contributed by atoms with Gasteiger partial charge in [-0.05, 0) is 23.0 Å². The Bertz CT molecular complexity index is 941. The van der Waals surface area contributed by atoms with Gasteiger partial charge in [0.15, 0.2) is 0 Å². The number of ether oxygens (including phenoxy) is 1. The summed E-state index contributed by atoms with van der Waals surface area (Å²) in [7, 11) is 0. The molecule has 0 saturated carbocycles. The molecular formula is C27H35N3O2S. The van der Waals surface area contributed by atoms with Gasteiger partial charge in [0.2, 0.25) is 0 Å². The van der Waals surface area contributed by atoms with Crippen LogP contribution in [-0.4, -0.2) is 40.6 Å². The molecule has 5 nitrogen and oxygen atoms in total. The molecule has 0 radical (unpaired) electrons. The quantitative estimate of drug-likeness (QED) is 0.315. The molecule has 0 spiro atoms. The van der Waals surface area contributed by atoms with Gasteiger partial charge in [0.25, 0.3) is 0 Å². The third-order valence-corrected chi connectivity index (χ3v) is 5.86. The van der Waals surface area contributed by atoms with Gasteiger partial charge in [-0.2, -0.15) is 0 Å². The third kappa shape index (κ3) is 9.36. The summed E-state index contributed by atoms with van der Waals surface area (Å²) in [6, 6.07) is 20.5. The van der Waals surface area contributed by atoms with Crippen molar-refractivity contribution in [2.45, 2.75) is 46.8 Å². The lowest BCUT2D eigenvalue weighted by Gasteiger charge is -2.30. The Morgan fingerprint density at radius 2 is 1.58 bits per heavy atom. The zero-order valence-corrected chi connectivity index (χ0v) is 20.8. The van der Waals surface area contributed by atoms with Crippen molar-refractivity contribution in [3.05, 3.63) is 88.4 Å². The molecule has 1 heterocycles. The monoisotopic (exact) mass is 465 g/mol. The van der Waals surface area contributed by atoms with Gasteiger partial charge in [-0.3, -0.25) is 14.8 Å². The number of aromatic nitrogens is 1. The smallest absolute Gasteiger partial charge is 0.410 e. The standard InChI is InChI=1S/C27H35N3O2S/c1-27(2,3)21-29(18-23-11-6-4-7-12-23)15-10-16-32-26(31)30(20-25-17-28-22-33-25)19-24-13-8-5-9-14-24/h4-9,11-14,17,22H,10,15-16,18-21H2,1-3H3. The number of amides is 1. The van der Waals surface area contributed by atoms with E-state index in [2.05, 4.69) is 54.9 Å². The van der Waals surface area contributed by atoms with Gasteiger partial charge in [-0.1, -0.05) is 81.4 Å². The molecule has 0 fully saturated rings. The number of hydrogen-bond acceptors (Lipinski definition) is 5. The van der Waals surface area contributed by atoms with Crippen molar-refractivity contribution in [3.63, 3.8) is 0 Å². The second-order valence-corrected chi connectivity index (χ2v) is 10.5. The van der Waals surface area contributed by atoms with Crippen LogP contribution in [0.25, 0.3) is 0 Å². The maximum atomic E-state index is 12.9. The summed E-state index contributed by atoms with van der Waals surface area (Å²) < 4.78 is 5.70. The molecule has 0 N–H and O–H groups in total. The van der Waals surface area contributed by atoms with E-state index in [1.807, 2.05) is 42.6 Å². The Labute approximate surface area is 202 Å². The molecule has 0 aliphatic rings. The SMILES string of the molecule is CC(C)(C)CN(CCCOC(=O)N(Cc1ccccc1)Cc1cncs1)Cc1ccccc1. The second kappa shape index (κ2) is 12.5. The van der Waals surface area contributed by atoms with E-state index in [1.165, 1.54) is 5.56 Å². The lowest BCUT2D eigenvalue weighted by atomic mass is 9.95. The van der Waals surface area contributed by atoms with Crippen LogP contribution in [0, 0.1) is 5.41 Å². The minimum absolute atomic E-state index is 0.201. The summed E-state index contributed by atoms with van der Waals surface area (Å²) in [4.78, 5) is 22.3. The van der Waals surface area contributed by atoms with E-state index in [1.54, 1.807) is 21.7 Å². The number of rotatable bonds is 11. The number of carbonyl (C=O) groups is 1. The van der Waals surface area contributed by atoms with Gasteiger partial charge >= 0.3 is 6.09 Å². The summed E-state index contributed by atoms with van der Waals surface area (Å²) in [5, 5.41) is 0. The Morgan fingerprint density at radius 1 is 0.939 bits per heavy atom. The van der Waals surface area contributed by atoms with Crippen molar-refractivity contribution in [1.29, 1.82) is 0 Å². The molecule has 6 heteroatoms. The zero-order chi connectivity index (χ0) is 23.5. The highest BCUT2D eigenvalue weighted by Crippen LogP contribution is 2.18. The molecule has 0 atom stereocenters. The van der Waals surface area contributed by atoms with Crippen LogP contribution in [-0.2, 0) is 24.4 Å². The number of thiazole rings is 1. The highest BCUT2D eigenvalue weighted by molar-refractivity contribution is 7.09. The molecule has 3 rings (SSSR count). The zero-order valence-electron chi connectivity index (χ0n) is 19.9. The summed E-state index contributed by atoms with van der Waals surface area (Å²) in [6.07, 6.45) is 2.33. The fourth-order valence-electron chi connectivity index (χ4n) is 3.76. The molecule has 0 saturated heterocycles. The van der Waals surface area contributed by atoms with E-state index in [4.69, 9.17) is 4.74 Å². The lowest BCUT2D eigenvalue weighted by Crippen LogP contribution is -2.34. The predicted octanol–water partition coefficient (Wildman–Crippen LogP) is 6.22. The van der Waals surface area contributed by atoms with Crippen molar-refractivity contribution in [1.82, 2.24) is 14.8 Å². The summed E-state index contributed by atoms with van der Waals surface area (Å²) in [5.74, 6) is 0. The largest absolute Gasteiger partial charge is 0.449 e. The predicted molar refractivity (Wildman–Crippen MR) is 135 cm³/mol. The van der Waals surface area contributed by atoms with Crippen LogP contribution in [0.15, 0.2) is 72.4 Å². The van der Waals surface area contributed by atoms with Crippen LogP contribution in [0.2, 0.25) is 0 Å². The van der Waals surface area contributed by atoms with E-state index in [-0.39, 0.29) is 11.5 Å². The summed E-state index contributed by atoms with van der Waals surface area (Å²) in [6.45, 7) is 11.0. The minimum atomic E-state index is -0.280.